The van der Waals surface area contributed by atoms with Crippen molar-refractivity contribution in [2.75, 3.05) is 18.8 Å². The van der Waals surface area contributed by atoms with E-state index in [0.29, 0.717) is 18.9 Å². The molecule has 1 aliphatic carbocycles. The Morgan fingerprint density at radius 2 is 2.14 bits per heavy atom. The quantitative estimate of drug-likeness (QED) is 0.622. The predicted octanol–water partition coefficient (Wildman–Crippen LogP) is 1.07. The van der Waals surface area contributed by atoms with Crippen molar-refractivity contribution >= 4 is 10.0 Å². The molecule has 0 spiro atoms. The maximum absolute atomic E-state index is 11.7. The molecule has 0 heterocycles. The van der Waals surface area contributed by atoms with E-state index in [1.165, 1.54) is 4.31 Å². The molecule has 0 saturated heterocycles. The maximum Gasteiger partial charge on any atom is 0.214 e. The summed E-state index contributed by atoms with van der Waals surface area (Å²) in [6.45, 7) is 2.70. The SMILES string of the molecule is C#CCN(CC1CC1)S(=O)(=O)CCC. The number of nitrogens with zero attached hydrogens (tertiary/aromatic N) is 1. The van der Waals surface area contributed by atoms with Gasteiger partial charge in [-0.05, 0) is 25.2 Å². The van der Waals surface area contributed by atoms with Crippen molar-refractivity contribution in [3.05, 3.63) is 0 Å². The van der Waals surface area contributed by atoms with E-state index in [-0.39, 0.29) is 12.3 Å². The average Bonchev–Trinajstić information content (AvgIpc) is 2.87. The zero-order valence-electron chi connectivity index (χ0n) is 8.57. The van der Waals surface area contributed by atoms with Gasteiger partial charge in [-0.2, -0.15) is 4.31 Å². The van der Waals surface area contributed by atoms with Gasteiger partial charge in [-0.1, -0.05) is 12.8 Å². The normalized spacial score (nSPS) is 16.9. The summed E-state index contributed by atoms with van der Waals surface area (Å²) in [5.41, 5.74) is 0. The highest BCUT2D eigenvalue weighted by molar-refractivity contribution is 7.89. The Morgan fingerprint density at radius 1 is 1.50 bits per heavy atom. The van der Waals surface area contributed by atoms with Crippen LogP contribution in [0.2, 0.25) is 0 Å². The van der Waals surface area contributed by atoms with Gasteiger partial charge in [0.15, 0.2) is 0 Å². The molecular weight excluding hydrogens is 198 g/mol. The molecule has 0 aromatic carbocycles. The first-order valence-electron chi connectivity index (χ1n) is 5.01. The summed E-state index contributed by atoms with van der Waals surface area (Å²) in [5, 5.41) is 0. The molecule has 1 fully saturated rings. The molecule has 0 unspecified atom stereocenters. The zero-order valence-corrected chi connectivity index (χ0v) is 9.39. The molecule has 0 radical (unpaired) electrons. The van der Waals surface area contributed by atoms with E-state index in [2.05, 4.69) is 5.92 Å². The highest BCUT2D eigenvalue weighted by Crippen LogP contribution is 2.30. The summed E-state index contributed by atoms with van der Waals surface area (Å²) in [4.78, 5) is 0. The van der Waals surface area contributed by atoms with E-state index in [1.807, 2.05) is 6.92 Å². The van der Waals surface area contributed by atoms with Crippen LogP contribution in [0, 0.1) is 18.3 Å². The average molecular weight is 215 g/mol. The monoisotopic (exact) mass is 215 g/mol. The molecule has 14 heavy (non-hydrogen) atoms. The lowest BCUT2D eigenvalue weighted by Crippen LogP contribution is -2.35. The molecule has 1 saturated carbocycles. The minimum atomic E-state index is -3.10. The van der Waals surface area contributed by atoms with Gasteiger partial charge in [-0.25, -0.2) is 8.42 Å². The third kappa shape index (κ3) is 3.32. The molecule has 0 bridgehead atoms. The second kappa shape index (κ2) is 4.81. The number of rotatable bonds is 6. The maximum atomic E-state index is 11.7. The van der Waals surface area contributed by atoms with Crippen LogP contribution in [-0.2, 0) is 10.0 Å². The lowest BCUT2D eigenvalue weighted by Gasteiger charge is -2.18. The number of hydrogen-bond acceptors (Lipinski definition) is 2. The minimum Gasteiger partial charge on any atom is -0.212 e. The Hall–Kier alpha value is -0.530. The van der Waals surface area contributed by atoms with E-state index in [1.54, 1.807) is 0 Å². The molecule has 0 aromatic heterocycles. The van der Waals surface area contributed by atoms with E-state index < -0.39 is 10.0 Å². The first kappa shape index (κ1) is 11.5. The molecule has 0 N–H and O–H groups in total. The fourth-order valence-corrected chi connectivity index (χ4v) is 2.84. The van der Waals surface area contributed by atoms with Crippen molar-refractivity contribution in [2.24, 2.45) is 5.92 Å². The van der Waals surface area contributed by atoms with Gasteiger partial charge in [0.05, 0.1) is 12.3 Å². The predicted molar refractivity (Wildman–Crippen MR) is 57.2 cm³/mol. The minimum absolute atomic E-state index is 0.210. The summed E-state index contributed by atoms with van der Waals surface area (Å²) in [7, 11) is -3.10. The van der Waals surface area contributed by atoms with Crippen LogP contribution in [0.1, 0.15) is 26.2 Å². The number of hydrogen-bond donors (Lipinski definition) is 0. The van der Waals surface area contributed by atoms with Crippen LogP contribution in [0.4, 0.5) is 0 Å². The summed E-state index contributed by atoms with van der Waals surface area (Å²) >= 11 is 0. The lowest BCUT2D eigenvalue weighted by atomic mass is 10.4. The van der Waals surface area contributed by atoms with Gasteiger partial charge in [0, 0.05) is 6.54 Å². The Morgan fingerprint density at radius 3 is 2.57 bits per heavy atom. The Labute approximate surface area is 86.5 Å². The Bertz CT molecular complexity index is 312. The van der Waals surface area contributed by atoms with Crippen LogP contribution in [0.15, 0.2) is 0 Å². The second-order valence-corrected chi connectivity index (χ2v) is 5.84. The first-order chi connectivity index (χ1) is 6.60. The molecule has 0 aliphatic heterocycles. The highest BCUT2D eigenvalue weighted by Gasteiger charge is 2.29. The van der Waals surface area contributed by atoms with Crippen LogP contribution >= 0.6 is 0 Å². The zero-order chi connectivity index (χ0) is 10.6. The molecular formula is C10H17NO2S. The molecule has 4 heteroatoms. The van der Waals surface area contributed by atoms with Crippen LogP contribution in [0.25, 0.3) is 0 Å². The van der Waals surface area contributed by atoms with E-state index >= 15 is 0 Å². The summed E-state index contributed by atoms with van der Waals surface area (Å²) < 4.78 is 24.9. The Balaban J connectivity index is 2.60. The number of sulfonamides is 1. The Kier molecular flexibility index (Phi) is 3.97. The van der Waals surface area contributed by atoms with Gasteiger partial charge in [-0.3, -0.25) is 0 Å². The molecule has 0 aromatic rings. The van der Waals surface area contributed by atoms with Crippen LogP contribution in [0.5, 0.6) is 0 Å². The molecule has 0 atom stereocenters. The topological polar surface area (TPSA) is 37.4 Å². The van der Waals surface area contributed by atoms with Gasteiger partial charge in [0.1, 0.15) is 0 Å². The van der Waals surface area contributed by atoms with E-state index in [9.17, 15) is 8.42 Å². The van der Waals surface area contributed by atoms with Crippen molar-refractivity contribution in [1.82, 2.24) is 4.31 Å². The van der Waals surface area contributed by atoms with Crippen molar-refractivity contribution in [2.45, 2.75) is 26.2 Å². The fraction of sp³-hybridized carbons (Fsp3) is 0.800. The second-order valence-electron chi connectivity index (χ2n) is 3.76. The summed E-state index contributed by atoms with van der Waals surface area (Å²) in [6.07, 6.45) is 8.09. The van der Waals surface area contributed by atoms with Crippen molar-refractivity contribution in [3.63, 3.8) is 0 Å². The standard InChI is InChI=1S/C10H17NO2S/c1-3-7-11(9-10-5-6-10)14(12,13)8-4-2/h1,10H,4-9H2,2H3. The molecule has 1 rings (SSSR count). The number of terminal acetylenes is 1. The molecule has 0 amide bonds. The van der Waals surface area contributed by atoms with Crippen LogP contribution < -0.4 is 0 Å². The van der Waals surface area contributed by atoms with Gasteiger partial charge in [0.2, 0.25) is 10.0 Å². The van der Waals surface area contributed by atoms with E-state index in [0.717, 1.165) is 12.8 Å². The smallest absolute Gasteiger partial charge is 0.212 e. The molecule has 80 valence electrons. The summed E-state index contributed by atoms with van der Waals surface area (Å²) in [5.74, 6) is 3.17. The van der Waals surface area contributed by atoms with Crippen molar-refractivity contribution in [3.8, 4) is 12.3 Å². The van der Waals surface area contributed by atoms with Gasteiger partial charge < -0.3 is 0 Å². The lowest BCUT2D eigenvalue weighted by molar-refractivity contribution is 0.429. The first-order valence-corrected chi connectivity index (χ1v) is 6.62. The fourth-order valence-electron chi connectivity index (χ4n) is 1.35. The third-order valence-electron chi connectivity index (χ3n) is 2.28. The third-order valence-corrected chi connectivity index (χ3v) is 4.27. The van der Waals surface area contributed by atoms with Gasteiger partial charge >= 0.3 is 0 Å². The van der Waals surface area contributed by atoms with Crippen molar-refractivity contribution < 1.29 is 8.42 Å². The molecule has 3 nitrogen and oxygen atoms in total. The van der Waals surface area contributed by atoms with Gasteiger partial charge in [0.25, 0.3) is 0 Å². The largest absolute Gasteiger partial charge is 0.214 e. The molecule has 1 aliphatic rings. The van der Waals surface area contributed by atoms with Crippen molar-refractivity contribution in [1.29, 1.82) is 0 Å². The van der Waals surface area contributed by atoms with Crippen LogP contribution in [-0.4, -0.2) is 31.6 Å². The van der Waals surface area contributed by atoms with Gasteiger partial charge in [-0.15, -0.1) is 6.42 Å². The summed E-state index contributed by atoms with van der Waals surface area (Å²) in [6, 6.07) is 0. The van der Waals surface area contributed by atoms with Crippen LogP contribution in [0.3, 0.4) is 0 Å². The highest BCUT2D eigenvalue weighted by atomic mass is 32.2. The van der Waals surface area contributed by atoms with E-state index in [4.69, 9.17) is 6.42 Å².